The van der Waals surface area contributed by atoms with Crippen molar-refractivity contribution in [2.75, 3.05) is 6.54 Å². The van der Waals surface area contributed by atoms with E-state index in [4.69, 9.17) is 8.83 Å². The Balaban J connectivity index is 1.58. The van der Waals surface area contributed by atoms with Gasteiger partial charge in [0.15, 0.2) is 0 Å². The number of hydrogen-bond donors (Lipinski definition) is 1. The molecule has 2 heterocycles. The molecular formula is C19H19FN2O3. The SMILES string of the molecule is O=C(NCCc1cccc(F)c1)N(Cc1ccco1)Cc1ccco1. The van der Waals surface area contributed by atoms with Crippen molar-refractivity contribution in [3.05, 3.63) is 84.0 Å². The van der Waals surface area contributed by atoms with Crippen LogP contribution in [-0.4, -0.2) is 17.5 Å². The minimum Gasteiger partial charge on any atom is -0.467 e. The summed E-state index contributed by atoms with van der Waals surface area (Å²) in [6, 6.07) is 13.3. The van der Waals surface area contributed by atoms with E-state index in [0.29, 0.717) is 37.6 Å². The van der Waals surface area contributed by atoms with Crippen LogP contribution in [0.4, 0.5) is 9.18 Å². The van der Waals surface area contributed by atoms with Crippen LogP contribution in [0.1, 0.15) is 17.1 Å². The second-order valence-electron chi connectivity index (χ2n) is 5.63. The van der Waals surface area contributed by atoms with Gasteiger partial charge < -0.3 is 19.1 Å². The van der Waals surface area contributed by atoms with Gasteiger partial charge in [0, 0.05) is 6.54 Å². The number of furan rings is 2. The molecule has 3 aromatic rings. The Labute approximate surface area is 145 Å². The van der Waals surface area contributed by atoms with Gasteiger partial charge in [-0.1, -0.05) is 12.1 Å². The van der Waals surface area contributed by atoms with Crippen LogP contribution in [-0.2, 0) is 19.5 Å². The lowest BCUT2D eigenvalue weighted by Gasteiger charge is -2.21. The van der Waals surface area contributed by atoms with Gasteiger partial charge in [-0.2, -0.15) is 0 Å². The zero-order valence-electron chi connectivity index (χ0n) is 13.7. The monoisotopic (exact) mass is 342 g/mol. The highest BCUT2D eigenvalue weighted by atomic mass is 19.1. The van der Waals surface area contributed by atoms with Gasteiger partial charge in [-0.25, -0.2) is 9.18 Å². The molecule has 3 rings (SSSR count). The molecule has 0 unspecified atom stereocenters. The number of carbonyl (C=O) groups is 1. The van der Waals surface area contributed by atoms with Crippen molar-refractivity contribution < 1.29 is 18.0 Å². The summed E-state index contributed by atoms with van der Waals surface area (Å²) >= 11 is 0. The lowest BCUT2D eigenvalue weighted by atomic mass is 10.1. The maximum absolute atomic E-state index is 13.2. The molecule has 130 valence electrons. The average molecular weight is 342 g/mol. The number of rotatable bonds is 7. The molecule has 0 radical (unpaired) electrons. The Kier molecular flexibility index (Phi) is 5.51. The van der Waals surface area contributed by atoms with Crippen LogP contribution < -0.4 is 5.32 Å². The van der Waals surface area contributed by atoms with Crippen LogP contribution >= 0.6 is 0 Å². The zero-order valence-corrected chi connectivity index (χ0v) is 13.7. The van der Waals surface area contributed by atoms with E-state index in [2.05, 4.69) is 5.32 Å². The molecule has 0 bridgehead atoms. The summed E-state index contributed by atoms with van der Waals surface area (Å²) in [4.78, 5) is 14.1. The Bertz CT molecular complexity index is 749. The Hall–Kier alpha value is -3.02. The molecule has 0 atom stereocenters. The summed E-state index contributed by atoms with van der Waals surface area (Å²) in [6.07, 6.45) is 3.70. The highest BCUT2D eigenvalue weighted by molar-refractivity contribution is 5.74. The first-order valence-corrected chi connectivity index (χ1v) is 8.03. The summed E-state index contributed by atoms with van der Waals surface area (Å²) in [5, 5.41) is 2.86. The summed E-state index contributed by atoms with van der Waals surface area (Å²) < 4.78 is 23.8. The van der Waals surface area contributed by atoms with Crippen LogP contribution in [0.15, 0.2) is 69.9 Å². The van der Waals surface area contributed by atoms with Gasteiger partial charge in [0.1, 0.15) is 17.3 Å². The number of amides is 2. The first-order chi connectivity index (χ1) is 12.2. The molecule has 2 amide bonds. The van der Waals surface area contributed by atoms with Gasteiger partial charge in [0.25, 0.3) is 0 Å². The molecule has 5 nitrogen and oxygen atoms in total. The van der Waals surface area contributed by atoms with Gasteiger partial charge in [0.2, 0.25) is 0 Å². The molecule has 2 aromatic heterocycles. The van der Waals surface area contributed by atoms with Crippen LogP contribution in [0.25, 0.3) is 0 Å². The summed E-state index contributed by atoms with van der Waals surface area (Å²) in [5.41, 5.74) is 0.837. The Morgan fingerprint density at radius 3 is 2.24 bits per heavy atom. The first-order valence-electron chi connectivity index (χ1n) is 8.03. The molecule has 0 aliphatic carbocycles. The largest absolute Gasteiger partial charge is 0.467 e. The van der Waals surface area contributed by atoms with Crippen LogP contribution in [0, 0.1) is 5.82 Å². The van der Waals surface area contributed by atoms with E-state index in [1.54, 1.807) is 35.6 Å². The van der Waals surface area contributed by atoms with E-state index < -0.39 is 0 Å². The molecule has 1 aromatic carbocycles. The van der Waals surface area contributed by atoms with Gasteiger partial charge >= 0.3 is 6.03 Å². The molecule has 6 heteroatoms. The number of nitrogens with one attached hydrogen (secondary N) is 1. The predicted octanol–water partition coefficient (Wildman–Crippen LogP) is 3.97. The number of hydrogen-bond acceptors (Lipinski definition) is 3. The number of benzene rings is 1. The molecule has 25 heavy (non-hydrogen) atoms. The third-order valence-electron chi connectivity index (χ3n) is 3.72. The second-order valence-corrected chi connectivity index (χ2v) is 5.63. The van der Waals surface area contributed by atoms with E-state index in [9.17, 15) is 9.18 Å². The smallest absolute Gasteiger partial charge is 0.318 e. The second kappa shape index (κ2) is 8.19. The van der Waals surface area contributed by atoms with Gasteiger partial charge in [-0.3, -0.25) is 0 Å². The highest BCUT2D eigenvalue weighted by Crippen LogP contribution is 2.11. The van der Waals surface area contributed by atoms with Crippen molar-refractivity contribution in [1.82, 2.24) is 10.2 Å². The average Bonchev–Trinajstić information content (AvgIpc) is 3.28. The molecule has 0 aliphatic rings. The summed E-state index contributed by atoms with van der Waals surface area (Å²) in [5.74, 6) is 1.10. The Morgan fingerprint density at radius 1 is 1.00 bits per heavy atom. The van der Waals surface area contributed by atoms with Crippen molar-refractivity contribution in [3.63, 3.8) is 0 Å². The number of nitrogens with zero attached hydrogens (tertiary/aromatic N) is 1. The normalized spacial score (nSPS) is 10.6. The fourth-order valence-corrected chi connectivity index (χ4v) is 2.50. The lowest BCUT2D eigenvalue weighted by Crippen LogP contribution is -2.39. The van der Waals surface area contributed by atoms with Gasteiger partial charge in [-0.05, 0) is 48.4 Å². The third-order valence-corrected chi connectivity index (χ3v) is 3.72. The van der Waals surface area contributed by atoms with Crippen molar-refractivity contribution in [3.8, 4) is 0 Å². The zero-order chi connectivity index (χ0) is 17.5. The molecule has 0 saturated heterocycles. The number of carbonyl (C=O) groups excluding carboxylic acids is 1. The molecular weight excluding hydrogens is 323 g/mol. The summed E-state index contributed by atoms with van der Waals surface area (Å²) in [7, 11) is 0. The van der Waals surface area contributed by atoms with E-state index in [-0.39, 0.29) is 11.8 Å². The maximum Gasteiger partial charge on any atom is 0.318 e. The van der Waals surface area contributed by atoms with Gasteiger partial charge in [0.05, 0.1) is 25.6 Å². The Morgan fingerprint density at radius 2 is 1.68 bits per heavy atom. The number of urea groups is 1. The molecule has 1 N–H and O–H groups in total. The van der Waals surface area contributed by atoms with E-state index in [1.807, 2.05) is 18.2 Å². The standard InChI is InChI=1S/C19H19FN2O3/c20-16-5-1-4-15(12-16)8-9-21-19(23)22(13-17-6-2-10-24-17)14-18-7-3-11-25-18/h1-7,10-12H,8-9,13-14H2,(H,21,23). The van der Waals surface area contributed by atoms with Crippen molar-refractivity contribution >= 4 is 6.03 Å². The van der Waals surface area contributed by atoms with Crippen LogP contribution in [0.2, 0.25) is 0 Å². The van der Waals surface area contributed by atoms with Crippen LogP contribution in [0.5, 0.6) is 0 Å². The van der Waals surface area contributed by atoms with E-state index >= 15 is 0 Å². The maximum atomic E-state index is 13.2. The predicted molar refractivity (Wildman–Crippen MR) is 90.2 cm³/mol. The fourth-order valence-electron chi connectivity index (χ4n) is 2.50. The minimum absolute atomic E-state index is 0.232. The minimum atomic E-state index is -0.277. The molecule has 0 aliphatic heterocycles. The quantitative estimate of drug-likeness (QED) is 0.707. The topological polar surface area (TPSA) is 58.6 Å². The first kappa shape index (κ1) is 16.8. The molecule has 0 fully saturated rings. The highest BCUT2D eigenvalue weighted by Gasteiger charge is 2.16. The van der Waals surface area contributed by atoms with Crippen LogP contribution in [0.3, 0.4) is 0 Å². The van der Waals surface area contributed by atoms with Crippen molar-refractivity contribution in [2.45, 2.75) is 19.5 Å². The fraction of sp³-hybridized carbons (Fsp3) is 0.211. The van der Waals surface area contributed by atoms with Crippen molar-refractivity contribution in [1.29, 1.82) is 0 Å². The van der Waals surface area contributed by atoms with Gasteiger partial charge in [-0.15, -0.1) is 0 Å². The van der Waals surface area contributed by atoms with E-state index in [0.717, 1.165) is 5.56 Å². The third kappa shape index (κ3) is 4.97. The molecule has 0 saturated carbocycles. The van der Waals surface area contributed by atoms with Crippen molar-refractivity contribution in [2.24, 2.45) is 0 Å². The summed E-state index contributed by atoms with van der Waals surface area (Å²) in [6.45, 7) is 1.08. The van der Waals surface area contributed by atoms with E-state index in [1.165, 1.54) is 12.1 Å². The molecule has 0 spiro atoms. The lowest BCUT2D eigenvalue weighted by molar-refractivity contribution is 0.182. The number of halogens is 1.